The maximum Gasteiger partial charge on any atom is 0.328 e. The number of ether oxygens (including phenoxy) is 1. The first-order chi connectivity index (χ1) is 13.0. The predicted molar refractivity (Wildman–Crippen MR) is 95.8 cm³/mol. The van der Waals surface area contributed by atoms with Crippen molar-refractivity contribution in [1.82, 2.24) is 15.6 Å². The van der Waals surface area contributed by atoms with E-state index in [1.54, 1.807) is 6.20 Å². The van der Waals surface area contributed by atoms with Crippen molar-refractivity contribution in [2.45, 2.75) is 31.3 Å². The van der Waals surface area contributed by atoms with E-state index < -0.39 is 29.9 Å². The molecule has 0 saturated heterocycles. The van der Waals surface area contributed by atoms with E-state index in [1.807, 2.05) is 24.3 Å². The first-order valence-electron chi connectivity index (χ1n) is 8.31. The van der Waals surface area contributed by atoms with Crippen LogP contribution in [0.4, 0.5) is 0 Å². The van der Waals surface area contributed by atoms with Crippen molar-refractivity contribution in [1.29, 1.82) is 0 Å². The number of carbonyl (C=O) groups excluding carboxylic acids is 3. The Bertz CT molecular complexity index is 831. The average Bonchev–Trinajstić information content (AvgIpc) is 3.06. The van der Waals surface area contributed by atoms with Crippen molar-refractivity contribution >= 4 is 35.2 Å². The van der Waals surface area contributed by atoms with Gasteiger partial charge in [-0.25, -0.2) is 4.79 Å². The van der Waals surface area contributed by atoms with Crippen LogP contribution >= 0.6 is 0 Å². The predicted octanol–water partition coefficient (Wildman–Crippen LogP) is 0.348. The van der Waals surface area contributed by atoms with Crippen LogP contribution in [-0.4, -0.2) is 53.5 Å². The molecule has 0 aliphatic carbocycles. The second kappa shape index (κ2) is 9.37. The number of aromatic nitrogens is 1. The van der Waals surface area contributed by atoms with E-state index in [0.717, 1.165) is 16.5 Å². The van der Waals surface area contributed by atoms with Crippen LogP contribution in [0, 0.1) is 0 Å². The first kappa shape index (κ1) is 20.0. The minimum Gasteiger partial charge on any atom is -0.481 e. The van der Waals surface area contributed by atoms with E-state index in [1.165, 1.54) is 7.11 Å². The number of benzene rings is 1. The normalized spacial score (nSPS) is 12.8. The van der Waals surface area contributed by atoms with Gasteiger partial charge in [0.15, 0.2) is 0 Å². The fourth-order valence-electron chi connectivity index (χ4n) is 2.77. The van der Waals surface area contributed by atoms with Crippen molar-refractivity contribution in [3.05, 3.63) is 36.0 Å². The number of nitrogens with one attached hydrogen (secondary N) is 3. The molecule has 2 amide bonds. The second-order valence-corrected chi connectivity index (χ2v) is 5.92. The summed E-state index contributed by atoms with van der Waals surface area (Å²) in [6, 6.07) is 5.47. The Hall–Kier alpha value is -3.36. The number of rotatable bonds is 10. The summed E-state index contributed by atoms with van der Waals surface area (Å²) < 4.78 is 4.76. The number of aliphatic carboxylic acids is 1. The van der Waals surface area contributed by atoms with Gasteiger partial charge in [0, 0.05) is 29.9 Å². The summed E-state index contributed by atoms with van der Waals surface area (Å²) in [7, 11) is 1.21. The Morgan fingerprint density at radius 1 is 1.26 bits per heavy atom. The number of esters is 1. The lowest BCUT2D eigenvalue weighted by Gasteiger charge is -2.20. The molecule has 144 valence electrons. The number of methoxy groups -OCH3 is 1. The van der Waals surface area contributed by atoms with Crippen molar-refractivity contribution in [3.8, 4) is 0 Å². The van der Waals surface area contributed by atoms with E-state index in [4.69, 9.17) is 9.84 Å². The number of hydrogen-bond acceptors (Lipinski definition) is 5. The van der Waals surface area contributed by atoms with Crippen LogP contribution in [0.15, 0.2) is 30.5 Å². The monoisotopic (exact) mass is 375 g/mol. The molecule has 4 N–H and O–H groups in total. The molecule has 9 heteroatoms. The topological polar surface area (TPSA) is 138 Å². The standard InChI is InChI=1S/C18H21N3O6/c1-27-18(26)15(8-11-9-19-13-5-3-2-4-12(11)13)21-17(25)14(20-10-22)6-7-16(23)24/h2-5,9-10,14-15,19H,6-8H2,1H3,(H,20,22)(H,21,25)(H,23,24)/t14-,15+/m0/s1. The maximum absolute atomic E-state index is 12.4. The van der Waals surface area contributed by atoms with E-state index in [2.05, 4.69) is 15.6 Å². The third-order valence-electron chi connectivity index (χ3n) is 4.13. The molecular formula is C18H21N3O6. The lowest BCUT2D eigenvalue weighted by atomic mass is 10.0. The SMILES string of the molecule is COC(=O)[C@@H](Cc1c[nH]c2ccccc12)NC(=O)[C@H](CCC(=O)O)NC=O. The molecule has 9 nitrogen and oxygen atoms in total. The molecule has 0 radical (unpaired) electrons. The lowest BCUT2D eigenvalue weighted by Crippen LogP contribution is -2.51. The van der Waals surface area contributed by atoms with E-state index in [9.17, 15) is 19.2 Å². The zero-order valence-corrected chi connectivity index (χ0v) is 14.7. The molecule has 0 bridgehead atoms. The summed E-state index contributed by atoms with van der Waals surface area (Å²) in [5, 5.41) is 14.5. The number of fused-ring (bicyclic) bond motifs is 1. The van der Waals surface area contributed by atoms with Gasteiger partial charge in [-0.3, -0.25) is 14.4 Å². The van der Waals surface area contributed by atoms with E-state index in [0.29, 0.717) is 6.41 Å². The van der Waals surface area contributed by atoms with Gasteiger partial charge in [-0.1, -0.05) is 18.2 Å². The molecule has 1 heterocycles. The average molecular weight is 375 g/mol. The Morgan fingerprint density at radius 3 is 2.67 bits per heavy atom. The van der Waals surface area contributed by atoms with Crippen molar-refractivity contribution in [2.75, 3.05) is 7.11 Å². The molecule has 1 aromatic heterocycles. The Kier molecular flexibility index (Phi) is 6.93. The van der Waals surface area contributed by atoms with Crippen molar-refractivity contribution < 1.29 is 29.0 Å². The van der Waals surface area contributed by atoms with Gasteiger partial charge in [0.1, 0.15) is 12.1 Å². The third-order valence-corrected chi connectivity index (χ3v) is 4.13. The largest absolute Gasteiger partial charge is 0.481 e. The van der Waals surface area contributed by atoms with Crippen LogP contribution in [0.1, 0.15) is 18.4 Å². The molecular weight excluding hydrogens is 354 g/mol. The van der Waals surface area contributed by atoms with Gasteiger partial charge in [0.2, 0.25) is 12.3 Å². The van der Waals surface area contributed by atoms with E-state index >= 15 is 0 Å². The maximum atomic E-state index is 12.4. The molecule has 1 aromatic carbocycles. The number of H-pyrrole nitrogens is 1. The number of amides is 2. The molecule has 0 unspecified atom stereocenters. The van der Waals surface area contributed by atoms with Crippen molar-refractivity contribution in [2.24, 2.45) is 0 Å². The number of aromatic amines is 1. The third kappa shape index (κ3) is 5.30. The fourth-order valence-corrected chi connectivity index (χ4v) is 2.77. The highest BCUT2D eigenvalue weighted by Crippen LogP contribution is 2.19. The highest BCUT2D eigenvalue weighted by molar-refractivity contribution is 5.90. The molecule has 27 heavy (non-hydrogen) atoms. The Labute approximate surface area is 155 Å². The van der Waals surface area contributed by atoms with Gasteiger partial charge < -0.3 is 25.5 Å². The molecule has 0 aliphatic rings. The van der Waals surface area contributed by atoms with Crippen LogP contribution < -0.4 is 10.6 Å². The summed E-state index contributed by atoms with van der Waals surface area (Å²) in [6.07, 6.45) is 1.84. The quantitative estimate of drug-likeness (QED) is 0.349. The fraction of sp³-hybridized carbons (Fsp3) is 0.333. The summed E-state index contributed by atoms with van der Waals surface area (Å²) >= 11 is 0. The van der Waals surface area contributed by atoms with Gasteiger partial charge in [-0.2, -0.15) is 0 Å². The second-order valence-electron chi connectivity index (χ2n) is 5.92. The minimum absolute atomic E-state index is 0.0963. The van der Waals surface area contributed by atoms with Gasteiger partial charge in [-0.15, -0.1) is 0 Å². The van der Waals surface area contributed by atoms with Gasteiger partial charge in [0.05, 0.1) is 7.11 Å². The van der Waals surface area contributed by atoms with E-state index in [-0.39, 0.29) is 19.3 Å². The summed E-state index contributed by atoms with van der Waals surface area (Å²) in [5.41, 5.74) is 1.70. The highest BCUT2D eigenvalue weighted by atomic mass is 16.5. The smallest absolute Gasteiger partial charge is 0.328 e. The van der Waals surface area contributed by atoms with Gasteiger partial charge in [-0.05, 0) is 18.1 Å². The number of para-hydroxylation sites is 1. The molecule has 2 atom stereocenters. The highest BCUT2D eigenvalue weighted by Gasteiger charge is 2.27. The Balaban J connectivity index is 2.15. The van der Waals surface area contributed by atoms with Gasteiger partial charge >= 0.3 is 11.9 Å². The van der Waals surface area contributed by atoms with Crippen LogP contribution in [-0.2, 0) is 30.3 Å². The zero-order valence-electron chi connectivity index (χ0n) is 14.7. The number of carbonyl (C=O) groups is 4. The molecule has 0 saturated carbocycles. The summed E-state index contributed by atoms with van der Waals surface area (Å²) in [4.78, 5) is 49.1. The molecule has 2 rings (SSSR count). The number of hydrogen-bond donors (Lipinski definition) is 4. The minimum atomic E-state index is -1.09. The lowest BCUT2D eigenvalue weighted by molar-refractivity contribution is -0.145. The molecule has 2 aromatic rings. The number of carboxylic acids is 1. The molecule has 0 aliphatic heterocycles. The van der Waals surface area contributed by atoms with Crippen LogP contribution in [0.25, 0.3) is 10.9 Å². The molecule has 0 fully saturated rings. The van der Waals surface area contributed by atoms with Crippen LogP contribution in [0.5, 0.6) is 0 Å². The number of carboxylic acid groups (broad SMARTS) is 1. The summed E-state index contributed by atoms with van der Waals surface area (Å²) in [6.45, 7) is 0. The van der Waals surface area contributed by atoms with Crippen LogP contribution in [0.2, 0.25) is 0 Å². The molecule has 0 spiro atoms. The van der Waals surface area contributed by atoms with Crippen molar-refractivity contribution in [3.63, 3.8) is 0 Å². The first-order valence-corrected chi connectivity index (χ1v) is 8.31. The zero-order chi connectivity index (χ0) is 19.8. The van der Waals surface area contributed by atoms with Gasteiger partial charge in [0.25, 0.3) is 0 Å². The van der Waals surface area contributed by atoms with Crippen LogP contribution in [0.3, 0.4) is 0 Å². The summed E-state index contributed by atoms with van der Waals surface area (Å²) in [5.74, 6) is -2.39. The Morgan fingerprint density at radius 2 is 2.00 bits per heavy atom.